The third-order valence-electron chi connectivity index (χ3n) is 5.43. The van der Waals surface area contributed by atoms with Gasteiger partial charge in [0, 0.05) is 17.7 Å². The van der Waals surface area contributed by atoms with Crippen LogP contribution < -0.4 is 10.1 Å². The molecule has 2 aliphatic carbocycles. The molecule has 124 valence electrons. The van der Waals surface area contributed by atoms with Gasteiger partial charge in [-0.3, -0.25) is 14.9 Å². The van der Waals surface area contributed by atoms with Gasteiger partial charge in [-0.15, -0.1) is 0 Å². The first-order chi connectivity index (χ1) is 11.0. The zero-order valence-electron chi connectivity index (χ0n) is 13.5. The number of hydrogen-bond donors (Lipinski definition) is 1. The van der Waals surface area contributed by atoms with Crippen LogP contribution in [0.25, 0.3) is 0 Å². The van der Waals surface area contributed by atoms with Gasteiger partial charge in [0.1, 0.15) is 0 Å². The van der Waals surface area contributed by atoms with Gasteiger partial charge < -0.3 is 10.1 Å². The first-order valence-electron chi connectivity index (χ1n) is 8.13. The molecule has 0 radical (unpaired) electrons. The van der Waals surface area contributed by atoms with Crippen molar-refractivity contribution in [1.82, 2.24) is 5.32 Å². The molecular weight excluding hydrogens is 296 g/mol. The molecule has 0 aliphatic heterocycles. The number of nitrogens with zero attached hydrogens (tertiary/aromatic N) is 1. The maximum absolute atomic E-state index is 12.4. The van der Waals surface area contributed by atoms with Crippen molar-refractivity contribution in [2.45, 2.75) is 38.6 Å². The monoisotopic (exact) mass is 318 g/mol. The Morgan fingerprint density at radius 2 is 2.17 bits per heavy atom. The van der Waals surface area contributed by atoms with Crippen LogP contribution in [-0.2, 0) is 0 Å². The van der Waals surface area contributed by atoms with Crippen molar-refractivity contribution in [2.24, 2.45) is 17.8 Å². The van der Waals surface area contributed by atoms with Crippen LogP contribution >= 0.6 is 0 Å². The van der Waals surface area contributed by atoms with Gasteiger partial charge in [-0.1, -0.05) is 6.42 Å². The highest BCUT2D eigenvalue weighted by molar-refractivity contribution is 5.95. The maximum Gasteiger partial charge on any atom is 0.311 e. The lowest BCUT2D eigenvalue weighted by molar-refractivity contribution is -0.385. The minimum atomic E-state index is -0.533. The quantitative estimate of drug-likeness (QED) is 0.668. The predicted molar refractivity (Wildman–Crippen MR) is 85.5 cm³/mol. The molecule has 2 saturated carbocycles. The highest BCUT2D eigenvalue weighted by atomic mass is 16.6. The number of fused-ring (bicyclic) bond motifs is 2. The Hall–Kier alpha value is -2.11. The van der Waals surface area contributed by atoms with E-state index in [1.807, 2.05) is 6.92 Å². The van der Waals surface area contributed by atoms with Crippen molar-refractivity contribution in [2.75, 3.05) is 7.11 Å². The zero-order valence-corrected chi connectivity index (χ0v) is 13.5. The Morgan fingerprint density at radius 3 is 2.74 bits per heavy atom. The number of methoxy groups -OCH3 is 1. The highest BCUT2D eigenvalue weighted by Gasteiger charge is 2.42. The summed E-state index contributed by atoms with van der Waals surface area (Å²) in [7, 11) is 1.37. The lowest BCUT2D eigenvalue weighted by Crippen LogP contribution is -2.40. The standard InChI is InChI=1S/C17H22N2O4/c1-10(14-8-11-3-4-12(14)7-11)18-17(20)13-5-6-16(23-2)15(9-13)19(21)22/h5-6,9-12,14H,3-4,7-8H2,1-2H3,(H,18,20)/t10-,11+,12+,14+/m1/s1. The Morgan fingerprint density at radius 1 is 1.39 bits per heavy atom. The molecule has 1 aromatic rings. The van der Waals surface area contributed by atoms with Gasteiger partial charge in [0.2, 0.25) is 0 Å². The molecule has 2 fully saturated rings. The van der Waals surface area contributed by atoms with Gasteiger partial charge in [-0.2, -0.15) is 0 Å². The Bertz CT molecular complexity index is 631. The van der Waals surface area contributed by atoms with Crippen molar-refractivity contribution in [3.63, 3.8) is 0 Å². The van der Waals surface area contributed by atoms with E-state index in [2.05, 4.69) is 5.32 Å². The number of nitrogens with one attached hydrogen (secondary N) is 1. The van der Waals surface area contributed by atoms with Crippen LogP contribution in [-0.4, -0.2) is 24.0 Å². The number of carbonyl (C=O) groups is 1. The van der Waals surface area contributed by atoms with Crippen LogP contribution in [0.4, 0.5) is 5.69 Å². The van der Waals surface area contributed by atoms with E-state index in [0.29, 0.717) is 11.5 Å². The summed E-state index contributed by atoms with van der Waals surface area (Å²) in [4.78, 5) is 23.0. The van der Waals surface area contributed by atoms with E-state index in [-0.39, 0.29) is 23.4 Å². The summed E-state index contributed by atoms with van der Waals surface area (Å²) in [5, 5.41) is 14.1. The van der Waals surface area contributed by atoms with E-state index in [1.165, 1.54) is 44.9 Å². The number of amides is 1. The summed E-state index contributed by atoms with van der Waals surface area (Å²) in [5.74, 6) is 1.98. The molecular formula is C17H22N2O4. The fourth-order valence-electron chi connectivity index (χ4n) is 4.28. The molecule has 0 aromatic heterocycles. The second-order valence-electron chi connectivity index (χ2n) is 6.74. The van der Waals surface area contributed by atoms with Crippen LogP contribution in [0.5, 0.6) is 5.75 Å². The summed E-state index contributed by atoms with van der Waals surface area (Å²) in [6.07, 6.45) is 5.07. The fourth-order valence-corrected chi connectivity index (χ4v) is 4.28. The second-order valence-corrected chi connectivity index (χ2v) is 6.74. The van der Waals surface area contributed by atoms with E-state index in [1.54, 1.807) is 6.07 Å². The molecule has 3 rings (SSSR count). The van der Waals surface area contributed by atoms with Gasteiger partial charge in [0.25, 0.3) is 5.91 Å². The van der Waals surface area contributed by atoms with Crippen molar-refractivity contribution < 1.29 is 14.5 Å². The van der Waals surface area contributed by atoms with E-state index in [4.69, 9.17) is 4.74 Å². The lowest BCUT2D eigenvalue weighted by Gasteiger charge is -2.28. The minimum Gasteiger partial charge on any atom is -0.490 e. The molecule has 2 aliphatic rings. The van der Waals surface area contributed by atoms with E-state index >= 15 is 0 Å². The summed E-state index contributed by atoms with van der Waals surface area (Å²) in [5.41, 5.74) is 0.111. The van der Waals surface area contributed by atoms with Crippen LogP contribution in [0.2, 0.25) is 0 Å². The number of ether oxygens (including phenoxy) is 1. The zero-order chi connectivity index (χ0) is 16.6. The van der Waals surface area contributed by atoms with Crippen LogP contribution in [0.1, 0.15) is 43.0 Å². The topological polar surface area (TPSA) is 81.5 Å². The molecule has 1 aromatic carbocycles. The van der Waals surface area contributed by atoms with Crippen LogP contribution in [0.3, 0.4) is 0 Å². The number of nitro benzene ring substituents is 1. The molecule has 0 saturated heterocycles. The minimum absolute atomic E-state index is 0.0963. The normalized spacial score (nSPS) is 26.8. The fraction of sp³-hybridized carbons (Fsp3) is 0.588. The van der Waals surface area contributed by atoms with Gasteiger partial charge in [0.05, 0.1) is 12.0 Å². The highest BCUT2D eigenvalue weighted by Crippen LogP contribution is 2.49. The third-order valence-corrected chi connectivity index (χ3v) is 5.43. The molecule has 2 bridgehead atoms. The van der Waals surface area contributed by atoms with Gasteiger partial charge in [0.15, 0.2) is 5.75 Å². The van der Waals surface area contributed by atoms with Crippen LogP contribution in [0.15, 0.2) is 18.2 Å². The van der Waals surface area contributed by atoms with Gasteiger partial charge >= 0.3 is 5.69 Å². The van der Waals surface area contributed by atoms with E-state index in [9.17, 15) is 14.9 Å². The summed E-state index contributed by atoms with van der Waals surface area (Å²) >= 11 is 0. The van der Waals surface area contributed by atoms with Crippen molar-refractivity contribution in [1.29, 1.82) is 0 Å². The number of carbonyl (C=O) groups excluding carboxylic acids is 1. The largest absolute Gasteiger partial charge is 0.490 e. The third kappa shape index (κ3) is 3.02. The lowest BCUT2D eigenvalue weighted by atomic mass is 9.84. The Kier molecular flexibility index (Phi) is 4.24. The van der Waals surface area contributed by atoms with Crippen LogP contribution in [0, 0.1) is 27.9 Å². The van der Waals surface area contributed by atoms with Crippen molar-refractivity contribution in [3.05, 3.63) is 33.9 Å². The van der Waals surface area contributed by atoms with Gasteiger partial charge in [-0.25, -0.2) is 0 Å². The SMILES string of the molecule is COc1ccc(C(=O)N[C@H](C)[C@@H]2C[C@H]3CC[C@H]2C3)cc1[N+](=O)[O-]. The summed E-state index contributed by atoms with van der Waals surface area (Å²) in [6.45, 7) is 2.04. The maximum atomic E-state index is 12.4. The van der Waals surface area contributed by atoms with E-state index in [0.717, 1.165) is 11.8 Å². The molecule has 1 amide bonds. The number of benzene rings is 1. The van der Waals surface area contributed by atoms with Crippen molar-refractivity contribution >= 4 is 11.6 Å². The Labute approximate surface area is 135 Å². The molecule has 6 heteroatoms. The molecule has 0 spiro atoms. The second kappa shape index (κ2) is 6.18. The molecule has 0 heterocycles. The number of hydrogen-bond acceptors (Lipinski definition) is 4. The average molecular weight is 318 g/mol. The number of nitro groups is 1. The summed E-state index contributed by atoms with van der Waals surface area (Å²) in [6, 6.07) is 4.41. The number of rotatable bonds is 5. The van der Waals surface area contributed by atoms with Crippen molar-refractivity contribution in [3.8, 4) is 5.75 Å². The van der Waals surface area contributed by atoms with E-state index < -0.39 is 4.92 Å². The Balaban J connectivity index is 1.70. The average Bonchev–Trinajstić information content (AvgIpc) is 3.17. The first-order valence-corrected chi connectivity index (χ1v) is 8.13. The molecule has 6 nitrogen and oxygen atoms in total. The first kappa shape index (κ1) is 15.8. The van der Waals surface area contributed by atoms with Gasteiger partial charge in [-0.05, 0) is 56.1 Å². The molecule has 4 atom stereocenters. The smallest absolute Gasteiger partial charge is 0.311 e. The molecule has 1 N–H and O–H groups in total. The molecule has 0 unspecified atom stereocenters. The summed E-state index contributed by atoms with van der Waals surface area (Å²) < 4.78 is 4.96. The predicted octanol–water partition coefficient (Wildman–Crippen LogP) is 3.16. The molecule has 23 heavy (non-hydrogen) atoms.